The van der Waals surface area contributed by atoms with Gasteiger partial charge in [-0.05, 0) is 30.7 Å². The Labute approximate surface area is 112 Å². The summed E-state index contributed by atoms with van der Waals surface area (Å²) in [7, 11) is 1.35. The second-order valence-electron chi connectivity index (χ2n) is 4.32. The number of hydrogen-bond donors (Lipinski definition) is 0. The highest BCUT2D eigenvalue weighted by Crippen LogP contribution is 2.23. The van der Waals surface area contributed by atoms with Crippen molar-refractivity contribution in [3.05, 3.63) is 24.3 Å². The molecular formula is C14H17NO4. The number of hydrogen-bond acceptors (Lipinski definition) is 4. The summed E-state index contributed by atoms with van der Waals surface area (Å²) >= 11 is 0. The largest absolute Gasteiger partial charge is 0.493 e. The van der Waals surface area contributed by atoms with Gasteiger partial charge in [0.15, 0.2) is 0 Å². The third kappa shape index (κ3) is 3.47. The van der Waals surface area contributed by atoms with Crippen LogP contribution in [-0.2, 0) is 14.3 Å². The van der Waals surface area contributed by atoms with E-state index in [2.05, 4.69) is 4.74 Å². The maximum Gasteiger partial charge on any atom is 0.308 e. The van der Waals surface area contributed by atoms with Crippen molar-refractivity contribution in [3.8, 4) is 5.75 Å². The second kappa shape index (κ2) is 6.22. The van der Waals surface area contributed by atoms with Crippen molar-refractivity contribution in [2.75, 3.05) is 25.2 Å². The van der Waals surface area contributed by atoms with Gasteiger partial charge in [0.05, 0.1) is 20.1 Å². The van der Waals surface area contributed by atoms with Gasteiger partial charge < -0.3 is 14.4 Å². The molecule has 0 radical (unpaired) electrons. The van der Waals surface area contributed by atoms with Crippen LogP contribution >= 0.6 is 0 Å². The Morgan fingerprint density at radius 1 is 1.32 bits per heavy atom. The van der Waals surface area contributed by atoms with Gasteiger partial charge in [0.25, 0.3) is 0 Å². The molecule has 0 unspecified atom stereocenters. The molecule has 1 aliphatic rings. The van der Waals surface area contributed by atoms with Crippen molar-refractivity contribution in [2.45, 2.75) is 19.3 Å². The molecule has 0 saturated carbocycles. The zero-order valence-electron chi connectivity index (χ0n) is 10.9. The second-order valence-corrected chi connectivity index (χ2v) is 4.32. The lowest BCUT2D eigenvalue weighted by molar-refractivity contribution is -0.141. The van der Waals surface area contributed by atoms with Crippen LogP contribution in [-0.4, -0.2) is 32.1 Å². The van der Waals surface area contributed by atoms with Crippen LogP contribution in [0.5, 0.6) is 5.75 Å². The molecule has 1 aliphatic heterocycles. The number of carbonyl (C=O) groups is 2. The molecule has 5 heteroatoms. The average Bonchev–Trinajstić information content (AvgIpc) is 2.85. The fourth-order valence-electron chi connectivity index (χ4n) is 2.00. The van der Waals surface area contributed by atoms with Gasteiger partial charge >= 0.3 is 5.97 Å². The molecule has 102 valence electrons. The Bertz CT molecular complexity index is 455. The van der Waals surface area contributed by atoms with Crippen LogP contribution in [0, 0.1) is 0 Å². The van der Waals surface area contributed by atoms with E-state index in [-0.39, 0.29) is 24.9 Å². The summed E-state index contributed by atoms with van der Waals surface area (Å²) < 4.78 is 9.94. The highest BCUT2D eigenvalue weighted by atomic mass is 16.5. The number of nitrogens with zero attached hydrogens (tertiary/aromatic N) is 1. The van der Waals surface area contributed by atoms with Crippen LogP contribution in [0.25, 0.3) is 0 Å². The van der Waals surface area contributed by atoms with Crippen molar-refractivity contribution in [2.24, 2.45) is 0 Å². The first-order valence-electron chi connectivity index (χ1n) is 6.31. The lowest BCUT2D eigenvalue weighted by Crippen LogP contribution is -2.23. The third-order valence-corrected chi connectivity index (χ3v) is 3.02. The van der Waals surface area contributed by atoms with Gasteiger partial charge in [-0.15, -0.1) is 0 Å². The molecule has 5 nitrogen and oxygen atoms in total. The number of anilines is 1. The number of carbonyl (C=O) groups excluding carboxylic acids is 2. The van der Waals surface area contributed by atoms with Gasteiger partial charge in [0, 0.05) is 18.7 Å². The van der Waals surface area contributed by atoms with Crippen LogP contribution < -0.4 is 9.64 Å². The maximum absolute atomic E-state index is 11.6. The van der Waals surface area contributed by atoms with Crippen LogP contribution in [0.4, 0.5) is 5.69 Å². The van der Waals surface area contributed by atoms with Crippen LogP contribution in [0.1, 0.15) is 19.3 Å². The Hall–Kier alpha value is -2.04. The first-order chi connectivity index (χ1) is 9.20. The smallest absolute Gasteiger partial charge is 0.308 e. The maximum atomic E-state index is 11.6. The van der Waals surface area contributed by atoms with E-state index in [4.69, 9.17) is 4.74 Å². The zero-order valence-corrected chi connectivity index (χ0v) is 10.9. The van der Waals surface area contributed by atoms with Crippen molar-refractivity contribution in [1.82, 2.24) is 0 Å². The van der Waals surface area contributed by atoms with Gasteiger partial charge in [0.1, 0.15) is 5.75 Å². The molecule has 0 atom stereocenters. The summed E-state index contributed by atoms with van der Waals surface area (Å²) in [6.45, 7) is 1.07. The molecule has 0 aromatic heterocycles. The predicted molar refractivity (Wildman–Crippen MR) is 70.2 cm³/mol. The molecule has 0 aliphatic carbocycles. The normalized spacial score (nSPS) is 14.6. The van der Waals surface area contributed by atoms with Crippen LogP contribution in [0.15, 0.2) is 24.3 Å². The highest BCUT2D eigenvalue weighted by Gasteiger charge is 2.21. The van der Waals surface area contributed by atoms with E-state index < -0.39 is 0 Å². The van der Waals surface area contributed by atoms with E-state index in [1.807, 2.05) is 12.1 Å². The summed E-state index contributed by atoms with van der Waals surface area (Å²) in [5.74, 6) is 0.554. The molecule has 2 rings (SSSR count). The Morgan fingerprint density at radius 3 is 2.63 bits per heavy atom. The SMILES string of the molecule is COC(=O)CCOc1ccc(N2CCCC2=O)cc1. The lowest BCUT2D eigenvalue weighted by atomic mass is 10.3. The van der Waals surface area contributed by atoms with Crippen LogP contribution in [0.3, 0.4) is 0 Å². The molecule has 0 N–H and O–H groups in total. The molecule has 19 heavy (non-hydrogen) atoms. The standard InChI is InChI=1S/C14H17NO4/c1-18-14(17)8-10-19-12-6-4-11(5-7-12)15-9-2-3-13(15)16/h4-7H,2-3,8-10H2,1H3. The van der Waals surface area contributed by atoms with Gasteiger partial charge in [-0.1, -0.05) is 0 Å². The van der Waals surface area contributed by atoms with Crippen molar-refractivity contribution in [1.29, 1.82) is 0 Å². The monoisotopic (exact) mass is 263 g/mol. The minimum atomic E-state index is -0.292. The fourth-order valence-corrected chi connectivity index (χ4v) is 2.00. The third-order valence-electron chi connectivity index (χ3n) is 3.02. The molecule has 1 aromatic carbocycles. The van der Waals surface area contributed by atoms with Crippen molar-refractivity contribution in [3.63, 3.8) is 0 Å². The molecule has 1 saturated heterocycles. The van der Waals surface area contributed by atoms with Gasteiger partial charge in [-0.25, -0.2) is 0 Å². The molecule has 0 bridgehead atoms. The molecule has 0 spiro atoms. The molecule has 1 aromatic rings. The number of amides is 1. The molecule has 1 amide bonds. The van der Waals surface area contributed by atoms with Gasteiger partial charge in [-0.2, -0.15) is 0 Å². The molecular weight excluding hydrogens is 246 g/mol. The zero-order chi connectivity index (χ0) is 13.7. The summed E-state index contributed by atoms with van der Waals surface area (Å²) in [6.07, 6.45) is 1.76. The van der Waals surface area contributed by atoms with E-state index in [1.165, 1.54) is 7.11 Å². The highest BCUT2D eigenvalue weighted by molar-refractivity contribution is 5.95. The first kappa shape index (κ1) is 13.4. The van der Waals surface area contributed by atoms with Crippen molar-refractivity contribution < 1.29 is 19.1 Å². The summed E-state index contributed by atoms with van der Waals surface area (Å²) in [5, 5.41) is 0. The quantitative estimate of drug-likeness (QED) is 0.759. The number of rotatable bonds is 5. The fraction of sp³-hybridized carbons (Fsp3) is 0.429. The Balaban J connectivity index is 1.88. The summed E-state index contributed by atoms with van der Waals surface area (Å²) in [4.78, 5) is 24.3. The topological polar surface area (TPSA) is 55.8 Å². The number of esters is 1. The van der Waals surface area contributed by atoms with Crippen LogP contribution in [0.2, 0.25) is 0 Å². The Morgan fingerprint density at radius 2 is 2.05 bits per heavy atom. The number of methoxy groups -OCH3 is 1. The lowest BCUT2D eigenvalue weighted by Gasteiger charge is -2.16. The van der Waals surface area contributed by atoms with E-state index in [0.717, 1.165) is 18.7 Å². The van der Waals surface area contributed by atoms with E-state index in [0.29, 0.717) is 12.2 Å². The predicted octanol–water partition coefficient (Wildman–Crippen LogP) is 1.76. The minimum absolute atomic E-state index is 0.166. The van der Waals surface area contributed by atoms with Gasteiger partial charge in [-0.3, -0.25) is 9.59 Å². The van der Waals surface area contributed by atoms with Crippen molar-refractivity contribution >= 4 is 17.6 Å². The van der Waals surface area contributed by atoms with Gasteiger partial charge in [0.2, 0.25) is 5.91 Å². The van der Waals surface area contributed by atoms with E-state index >= 15 is 0 Å². The average molecular weight is 263 g/mol. The number of ether oxygens (including phenoxy) is 2. The molecule has 1 fully saturated rings. The first-order valence-corrected chi connectivity index (χ1v) is 6.31. The minimum Gasteiger partial charge on any atom is -0.493 e. The van der Waals surface area contributed by atoms with E-state index in [1.54, 1.807) is 17.0 Å². The summed E-state index contributed by atoms with van der Waals surface area (Å²) in [5.41, 5.74) is 0.891. The Kier molecular flexibility index (Phi) is 4.39. The number of benzene rings is 1. The summed E-state index contributed by atoms with van der Waals surface area (Å²) in [6, 6.07) is 7.32. The van der Waals surface area contributed by atoms with E-state index in [9.17, 15) is 9.59 Å². The molecule has 1 heterocycles.